The molecule has 0 radical (unpaired) electrons. The van der Waals surface area contributed by atoms with E-state index in [-0.39, 0.29) is 5.12 Å². The van der Waals surface area contributed by atoms with Crippen molar-refractivity contribution in [2.75, 3.05) is 6.26 Å². The van der Waals surface area contributed by atoms with Crippen LogP contribution >= 0.6 is 0 Å². The van der Waals surface area contributed by atoms with Crippen LogP contribution in [-0.4, -0.2) is 15.6 Å². The maximum Gasteiger partial charge on any atom is 0.218 e. The zero-order valence-corrected chi connectivity index (χ0v) is 5.96. The predicted molar refractivity (Wildman–Crippen MR) is 34.0 cm³/mol. The summed E-state index contributed by atoms with van der Waals surface area (Å²) in [7, 11) is -1.25. The highest BCUT2D eigenvalue weighted by atomic mass is 32.2. The van der Waals surface area contributed by atoms with E-state index >= 15 is 0 Å². The predicted octanol–water partition coefficient (Wildman–Crippen LogP) is 0.692. The molecule has 0 spiro atoms. The van der Waals surface area contributed by atoms with Crippen LogP contribution in [0.5, 0.6) is 0 Å². The lowest BCUT2D eigenvalue weighted by Crippen LogP contribution is -2.02. The molecule has 0 N–H and O–H groups in total. The van der Waals surface area contributed by atoms with Crippen molar-refractivity contribution in [3.8, 4) is 0 Å². The summed E-state index contributed by atoms with van der Waals surface area (Å²) >= 11 is 0. The summed E-state index contributed by atoms with van der Waals surface area (Å²) in [5.41, 5.74) is 0. The Hall–Kier alpha value is -0.180. The molecular weight excluding hydrogens is 124 g/mol. The third kappa shape index (κ3) is 2.91. The first kappa shape index (κ1) is 7.82. The van der Waals surface area contributed by atoms with E-state index in [1.54, 1.807) is 0 Å². The van der Waals surface area contributed by atoms with E-state index in [0.717, 1.165) is 6.42 Å². The van der Waals surface area contributed by atoms with E-state index in [9.17, 15) is 9.00 Å². The van der Waals surface area contributed by atoms with Gasteiger partial charge in [-0.3, -0.25) is 9.00 Å². The Morgan fingerprint density at radius 3 is 2.25 bits per heavy atom. The molecule has 0 aliphatic carbocycles. The summed E-state index contributed by atoms with van der Waals surface area (Å²) in [5.74, 6) is 0. The van der Waals surface area contributed by atoms with Crippen LogP contribution in [0.2, 0.25) is 0 Å². The fourth-order valence-corrected chi connectivity index (χ4v) is 0.839. The molecule has 0 aromatic rings. The second kappa shape index (κ2) is 3.78. The van der Waals surface area contributed by atoms with Crippen LogP contribution in [0.25, 0.3) is 0 Å². The molecule has 0 saturated carbocycles. The molecular formula is C5H10O2S. The fraction of sp³-hybridized carbons (Fsp3) is 0.800. The van der Waals surface area contributed by atoms with Crippen LogP contribution in [0.1, 0.15) is 19.8 Å². The van der Waals surface area contributed by atoms with E-state index < -0.39 is 10.8 Å². The highest BCUT2D eigenvalue weighted by molar-refractivity contribution is 7.99. The van der Waals surface area contributed by atoms with Crippen molar-refractivity contribution < 1.29 is 9.00 Å². The SMILES string of the molecule is CCCC(=O)S(C)=O. The molecule has 0 aromatic heterocycles. The van der Waals surface area contributed by atoms with Gasteiger partial charge in [0.1, 0.15) is 0 Å². The normalized spacial score (nSPS) is 13.2. The highest BCUT2D eigenvalue weighted by Gasteiger charge is 2.01. The minimum Gasteiger partial charge on any atom is -0.285 e. The van der Waals surface area contributed by atoms with Gasteiger partial charge in [0.2, 0.25) is 5.12 Å². The summed E-state index contributed by atoms with van der Waals surface area (Å²) in [6.45, 7) is 1.89. The summed E-state index contributed by atoms with van der Waals surface area (Å²) < 4.78 is 10.3. The molecule has 48 valence electrons. The van der Waals surface area contributed by atoms with E-state index in [4.69, 9.17) is 0 Å². The monoisotopic (exact) mass is 134 g/mol. The first-order valence-electron chi connectivity index (χ1n) is 2.54. The van der Waals surface area contributed by atoms with Crippen LogP contribution in [0.15, 0.2) is 0 Å². The van der Waals surface area contributed by atoms with Crippen molar-refractivity contribution in [3.63, 3.8) is 0 Å². The number of carbonyl (C=O) groups is 1. The van der Waals surface area contributed by atoms with Gasteiger partial charge in [0.05, 0.1) is 10.8 Å². The Kier molecular flexibility index (Phi) is 3.69. The highest BCUT2D eigenvalue weighted by Crippen LogP contribution is 1.90. The number of rotatable bonds is 2. The quantitative estimate of drug-likeness (QED) is 0.557. The van der Waals surface area contributed by atoms with Gasteiger partial charge in [0.25, 0.3) is 0 Å². The third-order valence-electron chi connectivity index (χ3n) is 0.775. The summed E-state index contributed by atoms with van der Waals surface area (Å²) in [6, 6.07) is 0. The number of carbonyl (C=O) groups excluding carboxylic acids is 1. The zero-order valence-electron chi connectivity index (χ0n) is 5.14. The van der Waals surface area contributed by atoms with Gasteiger partial charge in [0, 0.05) is 12.7 Å². The first-order valence-corrected chi connectivity index (χ1v) is 4.10. The summed E-state index contributed by atoms with van der Waals surface area (Å²) in [5, 5.41) is -0.146. The molecule has 2 nitrogen and oxygen atoms in total. The topological polar surface area (TPSA) is 34.1 Å². The standard InChI is InChI=1S/C5H10O2S/c1-3-4-5(6)8(2)7/h3-4H2,1-2H3. The van der Waals surface area contributed by atoms with Crippen molar-refractivity contribution in [3.05, 3.63) is 0 Å². The van der Waals surface area contributed by atoms with Gasteiger partial charge in [-0.15, -0.1) is 0 Å². The molecule has 1 atom stereocenters. The second-order valence-electron chi connectivity index (χ2n) is 1.58. The molecule has 0 saturated heterocycles. The van der Waals surface area contributed by atoms with Crippen molar-refractivity contribution in [1.29, 1.82) is 0 Å². The minimum atomic E-state index is -1.25. The zero-order chi connectivity index (χ0) is 6.57. The fourth-order valence-electron chi connectivity index (χ4n) is 0.348. The van der Waals surface area contributed by atoms with Gasteiger partial charge in [-0.2, -0.15) is 0 Å². The lowest BCUT2D eigenvalue weighted by atomic mass is 10.4. The maximum absolute atomic E-state index is 10.4. The van der Waals surface area contributed by atoms with Crippen molar-refractivity contribution in [2.24, 2.45) is 0 Å². The lowest BCUT2D eigenvalue weighted by Gasteiger charge is -1.88. The molecule has 0 bridgehead atoms. The average molecular weight is 134 g/mol. The van der Waals surface area contributed by atoms with Gasteiger partial charge < -0.3 is 0 Å². The van der Waals surface area contributed by atoms with Crippen molar-refractivity contribution >= 4 is 15.9 Å². The summed E-state index contributed by atoms with van der Waals surface area (Å²) in [6.07, 6.45) is 2.65. The van der Waals surface area contributed by atoms with E-state index in [0.29, 0.717) is 6.42 Å². The molecule has 0 rings (SSSR count). The lowest BCUT2D eigenvalue weighted by molar-refractivity contribution is -0.111. The van der Waals surface area contributed by atoms with Crippen LogP contribution in [0.4, 0.5) is 0 Å². The molecule has 0 aromatic carbocycles. The van der Waals surface area contributed by atoms with Gasteiger partial charge >= 0.3 is 0 Å². The van der Waals surface area contributed by atoms with Gasteiger partial charge in [-0.1, -0.05) is 6.92 Å². The average Bonchev–Trinajstić information content (AvgIpc) is 1.67. The van der Waals surface area contributed by atoms with E-state index in [2.05, 4.69) is 0 Å². The minimum absolute atomic E-state index is 0.146. The largest absolute Gasteiger partial charge is 0.285 e. The Morgan fingerprint density at radius 1 is 1.62 bits per heavy atom. The van der Waals surface area contributed by atoms with Crippen LogP contribution < -0.4 is 0 Å². The molecule has 3 heteroatoms. The number of hydrogen-bond donors (Lipinski definition) is 0. The van der Waals surface area contributed by atoms with Crippen molar-refractivity contribution in [1.82, 2.24) is 0 Å². The second-order valence-corrected chi connectivity index (χ2v) is 2.94. The van der Waals surface area contributed by atoms with Gasteiger partial charge in [0.15, 0.2) is 0 Å². The Labute approximate surface area is 51.7 Å². The Balaban J connectivity index is 3.49. The van der Waals surface area contributed by atoms with E-state index in [1.165, 1.54) is 6.26 Å². The molecule has 0 aliphatic rings. The van der Waals surface area contributed by atoms with E-state index in [1.807, 2.05) is 6.92 Å². The molecule has 8 heavy (non-hydrogen) atoms. The Bertz CT molecular complexity index is 109. The Morgan fingerprint density at radius 2 is 2.12 bits per heavy atom. The smallest absolute Gasteiger partial charge is 0.218 e. The van der Waals surface area contributed by atoms with Gasteiger partial charge in [-0.05, 0) is 6.42 Å². The van der Waals surface area contributed by atoms with Crippen LogP contribution in [0, 0.1) is 0 Å². The summed E-state index contributed by atoms with van der Waals surface area (Å²) in [4.78, 5) is 10.4. The first-order chi connectivity index (χ1) is 3.68. The maximum atomic E-state index is 10.4. The van der Waals surface area contributed by atoms with Gasteiger partial charge in [-0.25, -0.2) is 0 Å². The van der Waals surface area contributed by atoms with Crippen LogP contribution in [0.3, 0.4) is 0 Å². The van der Waals surface area contributed by atoms with Crippen LogP contribution in [-0.2, 0) is 15.6 Å². The molecule has 0 amide bonds. The molecule has 1 unspecified atom stereocenters. The molecule has 0 aliphatic heterocycles. The molecule has 0 fully saturated rings. The molecule has 0 heterocycles. The number of hydrogen-bond acceptors (Lipinski definition) is 2. The van der Waals surface area contributed by atoms with Crippen molar-refractivity contribution in [2.45, 2.75) is 19.8 Å². The third-order valence-corrected chi connectivity index (χ3v) is 1.62.